The minimum Gasteiger partial charge on any atom is -0.356 e. The lowest BCUT2D eigenvalue weighted by atomic mass is 9.79. The van der Waals surface area contributed by atoms with Gasteiger partial charge in [0.2, 0.25) is 11.7 Å². The number of rotatable bonds is 4. The van der Waals surface area contributed by atoms with E-state index < -0.39 is 5.54 Å². The molecule has 190 valence electrons. The lowest BCUT2D eigenvalue weighted by molar-refractivity contribution is 0.317. The second-order valence-corrected chi connectivity index (χ2v) is 9.86. The first-order valence-corrected chi connectivity index (χ1v) is 12.4. The molecule has 0 spiro atoms. The van der Waals surface area contributed by atoms with Crippen LogP contribution in [0.4, 0.5) is 4.39 Å². The smallest absolute Gasteiger partial charge is 0.223 e. The summed E-state index contributed by atoms with van der Waals surface area (Å²) in [4.78, 5) is 11.6. The van der Waals surface area contributed by atoms with Gasteiger partial charge in [-0.05, 0) is 48.4 Å². The highest BCUT2D eigenvalue weighted by Crippen LogP contribution is 2.45. The first-order chi connectivity index (χ1) is 18.4. The molecule has 0 saturated heterocycles. The van der Waals surface area contributed by atoms with Crippen molar-refractivity contribution in [1.82, 2.24) is 45.4 Å². The lowest BCUT2D eigenvalue weighted by Gasteiger charge is -2.39. The fraction of sp³-hybridized carbons (Fsp3) is 0.192. The fourth-order valence-electron chi connectivity index (χ4n) is 5.28. The van der Waals surface area contributed by atoms with Gasteiger partial charge in [0, 0.05) is 47.2 Å². The summed E-state index contributed by atoms with van der Waals surface area (Å²) in [6.07, 6.45) is 4.30. The Balaban J connectivity index is 1.45. The van der Waals surface area contributed by atoms with Crippen molar-refractivity contribution in [2.24, 2.45) is 7.05 Å². The molecule has 1 aliphatic heterocycles. The van der Waals surface area contributed by atoms with Crippen molar-refractivity contribution in [2.75, 3.05) is 0 Å². The van der Waals surface area contributed by atoms with E-state index in [4.69, 9.17) is 16.1 Å². The van der Waals surface area contributed by atoms with Crippen LogP contribution in [-0.4, -0.2) is 40.1 Å². The van der Waals surface area contributed by atoms with E-state index in [1.165, 1.54) is 12.1 Å². The van der Waals surface area contributed by atoms with Crippen LogP contribution in [0.25, 0.3) is 22.3 Å². The standard InChI is InChI=1S/C26H21ClFN9O/c1-13-30-25(36-38-13)26(15-11-29-37(2)12-15)22-19(18-8-5-16(27)9-20(18)31-22)10-21(33-26)24-32-23(34-35-24)14-3-6-17(28)7-4-14/h3-9,11-12,21,31,33H,10H2,1-2H3,(H,32,34,35)/t21-,26?/m1/s1. The SMILES string of the molecule is Cc1nc(C2(c3cnn(C)c3)N[C@@H](c3nnc(-c4ccc(F)cc4)[nH]3)Cc3c2[nH]c2cc(Cl)ccc32)no1. The zero-order valence-electron chi connectivity index (χ0n) is 20.3. The van der Waals surface area contributed by atoms with Crippen LogP contribution in [0.15, 0.2) is 59.4 Å². The molecule has 0 bridgehead atoms. The van der Waals surface area contributed by atoms with Crippen molar-refractivity contribution in [3.05, 3.63) is 100 Å². The molecule has 2 aromatic carbocycles. The zero-order valence-corrected chi connectivity index (χ0v) is 21.1. The maximum absolute atomic E-state index is 13.5. The average Bonchev–Trinajstić information content (AvgIpc) is 3.70. The third-order valence-electron chi connectivity index (χ3n) is 6.99. The van der Waals surface area contributed by atoms with Gasteiger partial charge in [0.15, 0.2) is 11.4 Å². The van der Waals surface area contributed by atoms with Gasteiger partial charge < -0.3 is 14.5 Å². The van der Waals surface area contributed by atoms with Gasteiger partial charge in [-0.1, -0.05) is 22.8 Å². The average molecular weight is 530 g/mol. The van der Waals surface area contributed by atoms with Crippen LogP contribution in [-0.2, 0) is 19.0 Å². The highest BCUT2D eigenvalue weighted by Gasteiger charge is 2.50. The molecule has 0 aliphatic carbocycles. The van der Waals surface area contributed by atoms with E-state index in [-0.39, 0.29) is 11.9 Å². The number of nitrogens with zero attached hydrogens (tertiary/aromatic N) is 6. The quantitative estimate of drug-likeness (QED) is 0.310. The molecule has 10 nitrogen and oxygen atoms in total. The maximum atomic E-state index is 13.5. The van der Waals surface area contributed by atoms with Crippen LogP contribution in [0.3, 0.4) is 0 Å². The molecule has 12 heteroatoms. The minimum absolute atomic E-state index is 0.314. The first-order valence-electron chi connectivity index (χ1n) is 12.0. The van der Waals surface area contributed by atoms with Gasteiger partial charge >= 0.3 is 0 Å². The molecule has 1 unspecified atom stereocenters. The number of aromatic nitrogens is 8. The lowest BCUT2D eigenvalue weighted by Crippen LogP contribution is -2.51. The number of hydrogen-bond donors (Lipinski definition) is 3. The fourth-order valence-corrected chi connectivity index (χ4v) is 5.45. The second-order valence-electron chi connectivity index (χ2n) is 9.42. The highest BCUT2D eigenvalue weighted by atomic mass is 35.5. The normalized spacial score (nSPS) is 19.2. The predicted octanol–water partition coefficient (Wildman–Crippen LogP) is 4.35. The Hall–Kier alpha value is -4.35. The topological polar surface area (TPSA) is 126 Å². The van der Waals surface area contributed by atoms with E-state index in [1.807, 2.05) is 31.4 Å². The molecule has 5 heterocycles. The summed E-state index contributed by atoms with van der Waals surface area (Å²) in [5, 5.41) is 23.0. The van der Waals surface area contributed by atoms with Crippen LogP contribution in [0.1, 0.15) is 40.4 Å². The number of nitrogens with one attached hydrogen (secondary N) is 3. The molecule has 3 N–H and O–H groups in total. The molecule has 2 atom stereocenters. The molecule has 0 saturated carbocycles. The van der Waals surface area contributed by atoms with E-state index in [1.54, 1.807) is 29.9 Å². The summed E-state index contributed by atoms with van der Waals surface area (Å²) in [6, 6.07) is 11.6. The number of aromatic amines is 2. The van der Waals surface area contributed by atoms with E-state index in [2.05, 4.69) is 40.7 Å². The molecule has 6 aromatic rings. The summed E-state index contributed by atoms with van der Waals surface area (Å²) in [5.41, 5.74) is 3.34. The second kappa shape index (κ2) is 8.33. The Kier molecular flexibility index (Phi) is 5.00. The molecule has 0 amide bonds. The third-order valence-corrected chi connectivity index (χ3v) is 7.23. The predicted molar refractivity (Wildman–Crippen MR) is 137 cm³/mol. The molecule has 0 radical (unpaired) electrons. The maximum Gasteiger partial charge on any atom is 0.223 e. The summed E-state index contributed by atoms with van der Waals surface area (Å²) in [6.45, 7) is 1.76. The van der Waals surface area contributed by atoms with E-state index in [0.717, 1.165) is 33.3 Å². The molecule has 7 rings (SSSR count). The van der Waals surface area contributed by atoms with E-state index in [9.17, 15) is 4.39 Å². The van der Waals surface area contributed by atoms with Crippen LogP contribution >= 0.6 is 11.6 Å². The van der Waals surface area contributed by atoms with Gasteiger partial charge in [-0.2, -0.15) is 10.1 Å². The summed E-state index contributed by atoms with van der Waals surface area (Å²) in [7, 11) is 1.86. The Morgan fingerprint density at radius 3 is 2.71 bits per heavy atom. The summed E-state index contributed by atoms with van der Waals surface area (Å²) < 4.78 is 20.7. The molecule has 38 heavy (non-hydrogen) atoms. The highest BCUT2D eigenvalue weighted by molar-refractivity contribution is 6.31. The largest absolute Gasteiger partial charge is 0.356 e. The van der Waals surface area contributed by atoms with Crippen LogP contribution in [0.2, 0.25) is 5.02 Å². The third kappa shape index (κ3) is 3.46. The number of H-pyrrole nitrogens is 2. The number of fused-ring (bicyclic) bond motifs is 3. The Bertz CT molecular complexity index is 1760. The van der Waals surface area contributed by atoms with Crippen molar-refractivity contribution < 1.29 is 8.91 Å². The van der Waals surface area contributed by atoms with Crippen LogP contribution < -0.4 is 5.32 Å². The Morgan fingerprint density at radius 2 is 1.97 bits per heavy atom. The van der Waals surface area contributed by atoms with E-state index >= 15 is 0 Å². The molecular formula is C26H21ClFN9O. The van der Waals surface area contributed by atoms with Crippen molar-refractivity contribution in [1.29, 1.82) is 0 Å². The van der Waals surface area contributed by atoms with Crippen molar-refractivity contribution in [3.63, 3.8) is 0 Å². The monoisotopic (exact) mass is 529 g/mol. The first kappa shape index (κ1) is 22.8. The van der Waals surface area contributed by atoms with Crippen LogP contribution in [0, 0.1) is 12.7 Å². The zero-order chi connectivity index (χ0) is 26.0. The number of benzene rings is 2. The van der Waals surface area contributed by atoms with Gasteiger partial charge in [0.1, 0.15) is 11.6 Å². The van der Waals surface area contributed by atoms with E-state index in [0.29, 0.717) is 34.8 Å². The number of aryl methyl sites for hydroxylation is 2. The van der Waals surface area contributed by atoms with Crippen molar-refractivity contribution >= 4 is 22.5 Å². The number of hydrogen-bond acceptors (Lipinski definition) is 7. The summed E-state index contributed by atoms with van der Waals surface area (Å²) in [5.74, 6) is 1.72. The van der Waals surface area contributed by atoms with Gasteiger partial charge in [0.25, 0.3) is 0 Å². The Labute approximate surface area is 220 Å². The minimum atomic E-state index is -1.04. The molecular weight excluding hydrogens is 509 g/mol. The molecule has 4 aromatic heterocycles. The summed E-state index contributed by atoms with van der Waals surface area (Å²) >= 11 is 6.35. The molecule has 0 fully saturated rings. The Morgan fingerprint density at radius 1 is 1.13 bits per heavy atom. The number of halogens is 2. The van der Waals surface area contributed by atoms with Crippen molar-refractivity contribution in [3.8, 4) is 11.4 Å². The molecule has 1 aliphatic rings. The van der Waals surface area contributed by atoms with Gasteiger partial charge in [-0.25, -0.2) is 4.39 Å². The van der Waals surface area contributed by atoms with Gasteiger partial charge in [-0.15, -0.1) is 10.2 Å². The van der Waals surface area contributed by atoms with Gasteiger partial charge in [0.05, 0.1) is 17.9 Å². The van der Waals surface area contributed by atoms with Crippen LogP contribution in [0.5, 0.6) is 0 Å². The van der Waals surface area contributed by atoms with Crippen molar-refractivity contribution in [2.45, 2.75) is 24.9 Å². The van der Waals surface area contributed by atoms with Gasteiger partial charge in [-0.3, -0.25) is 10.00 Å².